The number of ether oxygens (including phenoxy) is 3. The van der Waals surface area contributed by atoms with E-state index in [0.29, 0.717) is 24.2 Å². The van der Waals surface area contributed by atoms with E-state index in [4.69, 9.17) is 74.4 Å². The van der Waals surface area contributed by atoms with Gasteiger partial charge in [0.05, 0.1) is 28.8 Å². The Kier molecular flexibility index (Phi) is 12.7. The Morgan fingerprint density at radius 1 is 1.09 bits per heavy atom. The lowest BCUT2D eigenvalue weighted by Gasteiger charge is -2.37. The fourth-order valence-corrected chi connectivity index (χ4v) is 6.17. The number of amides is 1. The predicted molar refractivity (Wildman–Crippen MR) is 169 cm³/mol. The molecule has 1 spiro atoms. The summed E-state index contributed by atoms with van der Waals surface area (Å²) in [6.45, 7) is 2.98. The van der Waals surface area contributed by atoms with Crippen molar-refractivity contribution in [3.63, 3.8) is 0 Å². The van der Waals surface area contributed by atoms with Gasteiger partial charge in [0.25, 0.3) is 5.91 Å². The van der Waals surface area contributed by atoms with Gasteiger partial charge >= 0.3 is 12.9 Å². The Bertz CT molecular complexity index is 1420. The van der Waals surface area contributed by atoms with Crippen molar-refractivity contribution in [3.8, 4) is 5.88 Å². The van der Waals surface area contributed by atoms with Crippen molar-refractivity contribution < 1.29 is 37.4 Å². The SMILES string of the molecule is CCOC(=O)OC1=C(c2cc(C)ccc2C)C(=O)NC12CCC(OC)CC2.COP(=S)(OC)Oc1nc(Cl)c(Cl)cc1Cl. The maximum absolute atomic E-state index is 13.0. The Hall–Kier alpha value is -1.95. The zero-order valence-corrected chi connectivity index (χ0v) is 28.6. The summed E-state index contributed by atoms with van der Waals surface area (Å²) in [5, 5.41) is 3.57. The van der Waals surface area contributed by atoms with Gasteiger partial charge in [0.1, 0.15) is 10.8 Å². The fraction of sp³-hybridized carbons (Fsp3) is 0.464. The Morgan fingerprint density at radius 3 is 2.33 bits per heavy atom. The summed E-state index contributed by atoms with van der Waals surface area (Å²) >= 11 is 22.3. The molecule has 0 atom stereocenters. The molecule has 0 saturated heterocycles. The molecule has 1 aliphatic carbocycles. The van der Waals surface area contributed by atoms with Crippen molar-refractivity contribution in [2.24, 2.45) is 0 Å². The number of hydrogen-bond donors (Lipinski definition) is 1. The summed E-state index contributed by atoms with van der Waals surface area (Å²) in [6, 6.07) is 7.33. The number of aryl methyl sites for hydroxylation is 2. The minimum Gasteiger partial charge on any atom is -0.434 e. The van der Waals surface area contributed by atoms with Crippen molar-refractivity contribution in [2.75, 3.05) is 27.9 Å². The van der Waals surface area contributed by atoms with Crippen LogP contribution in [0.25, 0.3) is 5.57 Å². The van der Waals surface area contributed by atoms with Gasteiger partial charge in [0.15, 0.2) is 5.15 Å². The molecule has 15 heteroatoms. The highest BCUT2D eigenvalue weighted by molar-refractivity contribution is 8.07. The maximum atomic E-state index is 13.0. The molecule has 2 heterocycles. The smallest absolute Gasteiger partial charge is 0.434 e. The van der Waals surface area contributed by atoms with Gasteiger partial charge < -0.3 is 33.1 Å². The van der Waals surface area contributed by atoms with E-state index in [1.807, 2.05) is 32.0 Å². The van der Waals surface area contributed by atoms with E-state index in [1.165, 1.54) is 20.3 Å². The standard InChI is InChI=1S/C21H27NO5.C7H7Cl3NO3PS/c1-5-26-20(24)27-18-17(16-12-13(2)6-7-14(16)3)19(23)22-21(18)10-8-15(25-4)9-11-21;1-12-15(16,13-2)14-7-5(9)3-4(8)6(10)11-7/h6-7,12,15H,5,8-11H2,1-4H3,(H,22,23);3H,1-2H3. The second-order valence-electron chi connectivity index (χ2n) is 9.73. The van der Waals surface area contributed by atoms with E-state index in [0.717, 1.165) is 29.5 Å². The van der Waals surface area contributed by atoms with Crippen LogP contribution in [0.3, 0.4) is 0 Å². The second-order valence-corrected chi connectivity index (χ2v) is 14.1. The molecule has 1 fully saturated rings. The predicted octanol–water partition coefficient (Wildman–Crippen LogP) is 7.58. The first-order chi connectivity index (χ1) is 20.3. The van der Waals surface area contributed by atoms with Crippen molar-refractivity contribution >= 4 is 71.0 Å². The monoisotopic (exact) mass is 694 g/mol. The van der Waals surface area contributed by atoms with Gasteiger partial charge in [0.2, 0.25) is 5.88 Å². The summed E-state index contributed by atoms with van der Waals surface area (Å²) < 4.78 is 31.2. The molecule has 0 unspecified atom stereocenters. The minimum atomic E-state index is -2.88. The molecule has 1 saturated carbocycles. The molecule has 1 aliphatic heterocycles. The van der Waals surface area contributed by atoms with Gasteiger partial charge in [-0.1, -0.05) is 58.6 Å². The molecular weight excluding hydrogens is 662 g/mol. The fourth-order valence-electron chi connectivity index (χ4n) is 4.73. The van der Waals surface area contributed by atoms with Crippen LogP contribution < -0.4 is 9.84 Å². The minimum absolute atomic E-state index is 0.0306. The topological polar surface area (TPSA) is 114 Å². The van der Waals surface area contributed by atoms with E-state index in [9.17, 15) is 9.59 Å². The van der Waals surface area contributed by atoms with Crippen molar-refractivity contribution in [3.05, 3.63) is 61.9 Å². The molecular formula is C28H34Cl3N2O8PS. The lowest BCUT2D eigenvalue weighted by molar-refractivity contribution is -0.116. The van der Waals surface area contributed by atoms with Crippen LogP contribution in [-0.2, 0) is 39.9 Å². The number of rotatable bonds is 8. The van der Waals surface area contributed by atoms with Crippen LogP contribution in [0.2, 0.25) is 15.2 Å². The summed E-state index contributed by atoms with van der Waals surface area (Å²) in [7, 11) is 4.44. The van der Waals surface area contributed by atoms with E-state index < -0.39 is 18.4 Å². The summed E-state index contributed by atoms with van der Waals surface area (Å²) in [5.74, 6) is 0.205. The van der Waals surface area contributed by atoms with Crippen LogP contribution in [0.4, 0.5) is 4.79 Å². The van der Waals surface area contributed by atoms with Crippen LogP contribution in [0.15, 0.2) is 30.0 Å². The molecule has 1 aromatic carbocycles. The van der Waals surface area contributed by atoms with Gasteiger partial charge in [-0.2, -0.15) is 4.98 Å². The van der Waals surface area contributed by atoms with E-state index >= 15 is 0 Å². The van der Waals surface area contributed by atoms with Crippen molar-refractivity contribution in [1.29, 1.82) is 0 Å². The molecule has 1 N–H and O–H groups in total. The lowest BCUT2D eigenvalue weighted by Crippen LogP contribution is -2.49. The summed E-state index contributed by atoms with van der Waals surface area (Å²) in [5.41, 5.74) is 2.52. The van der Waals surface area contributed by atoms with Gasteiger partial charge in [0, 0.05) is 33.1 Å². The first-order valence-corrected chi connectivity index (χ1v) is 17.0. The van der Waals surface area contributed by atoms with Gasteiger partial charge in [-0.3, -0.25) is 4.79 Å². The van der Waals surface area contributed by atoms with Crippen molar-refractivity contribution in [1.82, 2.24) is 10.3 Å². The molecule has 2 aromatic rings. The van der Waals surface area contributed by atoms with Crippen LogP contribution >= 0.6 is 41.5 Å². The third-order valence-corrected chi connectivity index (χ3v) is 10.3. The highest BCUT2D eigenvalue weighted by Gasteiger charge is 2.50. The third-order valence-electron chi connectivity index (χ3n) is 6.97. The van der Waals surface area contributed by atoms with Crippen LogP contribution in [0.5, 0.6) is 5.88 Å². The third kappa shape index (κ3) is 8.61. The Balaban J connectivity index is 0.000000271. The molecule has 1 amide bonds. The van der Waals surface area contributed by atoms with Crippen LogP contribution in [-0.4, -0.2) is 56.6 Å². The average molecular weight is 696 g/mol. The normalized spacial score (nSPS) is 19.9. The number of carbonyl (C=O) groups excluding carboxylic acids is 2. The molecule has 0 radical (unpaired) electrons. The zero-order chi connectivity index (χ0) is 31.9. The number of halogens is 3. The molecule has 236 valence electrons. The molecule has 1 aromatic heterocycles. The van der Waals surface area contributed by atoms with Gasteiger partial charge in [-0.25, -0.2) is 4.79 Å². The Labute approximate surface area is 271 Å². The van der Waals surface area contributed by atoms with Crippen LogP contribution in [0, 0.1) is 13.8 Å². The number of aromatic nitrogens is 1. The highest BCUT2D eigenvalue weighted by Crippen LogP contribution is 2.50. The average Bonchev–Trinajstić information content (AvgIpc) is 3.23. The van der Waals surface area contributed by atoms with Gasteiger partial charge in [-0.15, -0.1) is 0 Å². The zero-order valence-electron chi connectivity index (χ0n) is 24.6. The number of methoxy groups -OCH3 is 1. The van der Waals surface area contributed by atoms with E-state index in [-0.39, 0.29) is 39.7 Å². The number of pyridine rings is 1. The first-order valence-electron chi connectivity index (χ1n) is 13.3. The van der Waals surface area contributed by atoms with E-state index in [1.54, 1.807) is 14.0 Å². The number of nitrogens with zero attached hydrogens (tertiary/aromatic N) is 1. The molecule has 43 heavy (non-hydrogen) atoms. The summed E-state index contributed by atoms with van der Waals surface area (Å²) in [6.07, 6.45) is 2.25. The number of carbonyl (C=O) groups is 2. The second kappa shape index (κ2) is 15.4. The number of hydrogen-bond acceptors (Lipinski definition) is 10. The highest BCUT2D eigenvalue weighted by atomic mass is 35.5. The summed E-state index contributed by atoms with van der Waals surface area (Å²) in [4.78, 5) is 29.0. The molecule has 2 aliphatic rings. The lowest BCUT2D eigenvalue weighted by atomic mass is 9.79. The molecule has 10 nitrogen and oxygen atoms in total. The largest absolute Gasteiger partial charge is 0.513 e. The van der Waals surface area contributed by atoms with Crippen molar-refractivity contribution in [2.45, 2.75) is 58.1 Å². The van der Waals surface area contributed by atoms with Crippen LogP contribution in [0.1, 0.15) is 49.3 Å². The molecule has 0 bridgehead atoms. The number of nitrogens with one attached hydrogen (secondary N) is 1. The molecule has 4 rings (SSSR count). The first kappa shape index (κ1) is 35.5. The maximum Gasteiger partial charge on any atom is 0.513 e. The number of benzene rings is 1. The Morgan fingerprint density at radius 2 is 1.74 bits per heavy atom. The van der Waals surface area contributed by atoms with Gasteiger partial charge in [-0.05, 0) is 63.6 Å². The van der Waals surface area contributed by atoms with E-state index in [2.05, 4.69) is 10.3 Å². The quantitative estimate of drug-likeness (QED) is 0.168.